The zero-order chi connectivity index (χ0) is 17.3. The highest BCUT2D eigenvalue weighted by molar-refractivity contribution is 7.92. The van der Waals surface area contributed by atoms with Gasteiger partial charge in [-0.1, -0.05) is 26.0 Å². The molecule has 1 aromatic rings. The zero-order valence-corrected chi connectivity index (χ0v) is 15.1. The van der Waals surface area contributed by atoms with Gasteiger partial charge in [-0.15, -0.1) is 0 Å². The second kappa shape index (κ2) is 6.61. The Bertz CT molecular complexity index is 677. The molecule has 1 aliphatic rings. The number of anilines is 1. The summed E-state index contributed by atoms with van der Waals surface area (Å²) < 4.78 is 23.5. The highest BCUT2D eigenvalue weighted by Gasteiger charge is 2.50. The van der Waals surface area contributed by atoms with Gasteiger partial charge < -0.3 is 10.2 Å². The molecule has 128 valence electrons. The predicted molar refractivity (Wildman–Crippen MR) is 93.6 cm³/mol. The molecule has 0 unspecified atom stereocenters. The molecule has 1 N–H and O–H groups in total. The summed E-state index contributed by atoms with van der Waals surface area (Å²) in [6.07, 6.45) is 1.81. The van der Waals surface area contributed by atoms with Gasteiger partial charge >= 0.3 is 0 Å². The maximum atomic E-state index is 13.1. The van der Waals surface area contributed by atoms with Gasteiger partial charge in [0.1, 0.15) is 0 Å². The van der Waals surface area contributed by atoms with E-state index in [2.05, 4.69) is 19.2 Å². The number of carbonyl (C=O) groups excluding carboxylic acids is 1. The molecule has 1 fully saturated rings. The van der Waals surface area contributed by atoms with Crippen LogP contribution < -0.4 is 10.2 Å². The highest BCUT2D eigenvalue weighted by atomic mass is 32.2. The largest absolute Gasteiger partial charge is 0.317 e. The van der Waals surface area contributed by atoms with E-state index in [0.29, 0.717) is 31.8 Å². The second-order valence-electron chi connectivity index (χ2n) is 6.63. The molecule has 6 heteroatoms. The number of nitrogens with one attached hydrogen (secondary N) is 1. The molecule has 2 rings (SSSR count). The van der Waals surface area contributed by atoms with Crippen LogP contribution >= 0.6 is 0 Å². The smallest absolute Gasteiger partial charge is 0.248 e. The van der Waals surface area contributed by atoms with Crippen molar-refractivity contribution in [2.24, 2.45) is 0 Å². The summed E-state index contributed by atoms with van der Waals surface area (Å²) in [7, 11) is -1.83. The summed E-state index contributed by atoms with van der Waals surface area (Å²) in [6, 6.07) is 7.73. The number of carbonyl (C=O) groups is 1. The maximum absolute atomic E-state index is 13.1. The summed E-state index contributed by atoms with van der Waals surface area (Å²) in [6.45, 7) is 5.26. The summed E-state index contributed by atoms with van der Waals surface area (Å²) in [5.41, 5.74) is 1.86. The van der Waals surface area contributed by atoms with Crippen LogP contribution in [0, 0.1) is 0 Å². The van der Waals surface area contributed by atoms with E-state index in [1.165, 1.54) is 11.2 Å². The van der Waals surface area contributed by atoms with E-state index in [1.54, 1.807) is 7.05 Å². The van der Waals surface area contributed by atoms with Crippen LogP contribution in [-0.2, 0) is 14.6 Å². The van der Waals surface area contributed by atoms with Crippen molar-refractivity contribution in [1.82, 2.24) is 5.32 Å². The molecule has 0 saturated carbocycles. The fourth-order valence-electron chi connectivity index (χ4n) is 3.09. The summed E-state index contributed by atoms with van der Waals surface area (Å²) >= 11 is 0. The standard InChI is InChI=1S/C17H26N2O3S/c1-13(2)14-6-5-7-15(12-14)19(3)16(20)17(23(4,21)22)8-10-18-11-9-17/h5-7,12-13,18H,8-11H2,1-4H3. The van der Waals surface area contributed by atoms with Crippen LogP contribution in [0.4, 0.5) is 5.69 Å². The van der Waals surface area contributed by atoms with Gasteiger partial charge in [0.2, 0.25) is 5.91 Å². The van der Waals surface area contributed by atoms with Crippen LogP contribution in [0.5, 0.6) is 0 Å². The van der Waals surface area contributed by atoms with Crippen molar-refractivity contribution in [3.8, 4) is 0 Å². The second-order valence-corrected chi connectivity index (χ2v) is 8.96. The van der Waals surface area contributed by atoms with Crippen molar-refractivity contribution in [1.29, 1.82) is 0 Å². The number of nitrogens with zero attached hydrogens (tertiary/aromatic N) is 1. The van der Waals surface area contributed by atoms with Gasteiger partial charge in [-0.05, 0) is 49.5 Å². The number of hydrogen-bond acceptors (Lipinski definition) is 4. The Morgan fingerprint density at radius 1 is 1.26 bits per heavy atom. The quantitative estimate of drug-likeness (QED) is 0.911. The van der Waals surface area contributed by atoms with Crippen molar-refractivity contribution in [3.63, 3.8) is 0 Å². The van der Waals surface area contributed by atoms with Gasteiger partial charge in [0.05, 0.1) is 0 Å². The van der Waals surface area contributed by atoms with Crippen LogP contribution in [0.1, 0.15) is 38.2 Å². The van der Waals surface area contributed by atoms with Crippen LogP contribution in [0.2, 0.25) is 0 Å². The predicted octanol–water partition coefficient (Wildman–Crippen LogP) is 1.94. The van der Waals surface area contributed by atoms with Crippen molar-refractivity contribution in [2.45, 2.75) is 37.4 Å². The number of sulfone groups is 1. The Morgan fingerprint density at radius 2 is 1.87 bits per heavy atom. The average Bonchev–Trinajstić information content (AvgIpc) is 2.53. The van der Waals surface area contributed by atoms with Gasteiger partial charge in [0, 0.05) is 19.0 Å². The maximum Gasteiger partial charge on any atom is 0.248 e. The minimum Gasteiger partial charge on any atom is -0.317 e. The minimum atomic E-state index is -3.50. The van der Waals surface area contributed by atoms with E-state index in [0.717, 1.165) is 11.3 Å². The number of amides is 1. The Balaban J connectivity index is 2.39. The molecule has 5 nitrogen and oxygen atoms in total. The van der Waals surface area contributed by atoms with Gasteiger partial charge in [-0.25, -0.2) is 8.42 Å². The first kappa shape index (κ1) is 17.9. The minimum absolute atomic E-state index is 0.318. The molecule has 1 saturated heterocycles. The fourth-order valence-corrected chi connectivity index (χ4v) is 4.49. The Hall–Kier alpha value is -1.40. The van der Waals surface area contributed by atoms with Crippen molar-refractivity contribution < 1.29 is 13.2 Å². The van der Waals surface area contributed by atoms with E-state index in [4.69, 9.17) is 0 Å². The molecule has 1 aromatic carbocycles. The molecule has 0 spiro atoms. The van der Waals surface area contributed by atoms with Crippen LogP contribution in [-0.4, -0.2) is 45.5 Å². The third-order valence-electron chi connectivity index (χ3n) is 4.74. The topological polar surface area (TPSA) is 66.5 Å². The number of piperidine rings is 1. The molecular weight excluding hydrogens is 312 g/mol. The molecule has 0 aliphatic carbocycles. The normalized spacial score (nSPS) is 18.0. The fraction of sp³-hybridized carbons (Fsp3) is 0.588. The SMILES string of the molecule is CC(C)c1cccc(N(C)C(=O)C2(S(C)(=O)=O)CCNCC2)c1. The lowest BCUT2D eigenvalue weighted by atomic mass is 9.94. The third kappa shape index (κ3) is 3.43. The van der Waals surface area contributed by atoms with E-state index in [1.807, 2.05) is 24.3 Å². The van der Waals surface area contributed by atoms with Crippen molar-refractivity contribution >= 4 is 21.4 Å². The first-order valence-electron chi connectivity index (χ1n) is 7.97. The molecular formula is C17H26N2O3S. The molecule has 0 atom stereocenters. The molecule has 23 heavy (non-hydrogen) atoms. The molecule has 0 bridgehead atoms. The molecule has 1 aliphatic heterocycles. The average molecular weight is 338 g/mol. The van der Waals surface area contributed by atoms with Crippen LogP contribution in [0.25, 0.3) is 0 Å². The monoisotopic (exact) mass is 338 g/mol. The molecule has 0 radical (unpaired) electrons. The van der Waals surface area contributed by atoms with Gasteiger partial charge in [0.25, 0.3) is 0 Å². The summed E-state index contributed by atoms with van der Waals surface area (Å²) in [5, 5.41) is 3.13. The van der Waals surface area contributed by atoms with Crippen molar-refractivity contribution in [2.75, 3.05) is 31.3 Å². The lowest BCUT2D eigenvalue weighted by molar-refractivity contribution is -0.121. The number of hydrogen-bond donors (Lipinski definition) is 1. The lowest BCUT2D eigenvalue weighted by Gasteiger charge is -2.37. The highest BCUT2D eigenvalue weighted by Crippen LogP contribution is 2.32. The number of benzene rings is 1. The summed E-state index contributed by atoms with van der Waals surface area (Å²) in [4.78, 5) is 14.6. The van der Waals surface area contributed by atoms with E-state index in [9.17, 15) is 13.2 Å². The molecule has 1 heterocycles. The molecule has 0 aromatic heterocycles. The van der Waals surface area contributed by atoms with Gasteiger partial charge in [-0.2, -0.15) is 0 Å². The van der Waals surface area contributed by atoms with E-state index < -0.39 is 14.6 Å². The van der Waals surface area contributed by atoms with Crippen molar-refractivity contribution in [3.05, 3.63) is 29.8 Å². The van der Waals surface area contributed by atoms with E-state index in [-0.39, 0.29) is 5.91 Å². The number of rotatable bonds is 4. The third-order valence-corrected chi connectivity index (χ3v) is 6.74. The molecule has 1 amide bonds. The van der Waals surface area contributed by atoms with Crippen LogP contribution in [0.3, 0.4) is 0 Å². The first-order valence-corrected chi connectivity index (χ1v) is 9.86. The van der Waals surface area contributed by atoms with Gasteiger partial charge in [-0.3, -0.25) is 4.79 Å². The Morgan fingerprint density at radius 3 is 2.39 bits per heavy atom. The van der Waals surface area contributed by atoms with E-state index >= 15 is 0 Å². The van der Waals surface area contributed by atoms with Gasteiger partial charge in [0.15, 0.2) is 14.6 Å². The first-order chi connectivity index (χ1) is 10.7. The lowest BCUT2D eigenvalue weighted by Crippen LogP contribution is -2.57. The zero-order valence-electron chi connectivity index (χ0n) is 14.3. The Labute approximate surface area is 139 Å². The summed E-state index contributed by atoms with van der Waals surface area (Å²) in [5.74, 6) is 0.0172. The van der Waals surface area contributed by atoms with Crippen LogP contribution in [0.15, 0.2) is 24.3 Å². The Kier molecular flexibility index (Phi) is 5.16.